The van der Waals surface area contributed by atoms with Gasteiger partial charge in [0, 0.05) is 31.2 Å². The van der Waals surface area contributed by atoms with Crippen LogP contribution in [0.15, 0.2) is 23.2 Å². The Bertz CT molecular complexity index is 589. The van der Waals surface area contributed by atoms with Gasteiger partial charge in [-0.1, -0.05) is 12.5 Å². The number of likely N-dealkylation sites (tertiary alicyclic amines) is 1. The van der Waals surface area contributed by atoms with Gasteiger partial charge in [-0.05, 0) is 57.5 Å². The minimum absolute atomic E-state index is 0. The largest absolute Gasteiger partial charge is 0.392 e. The molecule has 5 nitrogen and oxygen atoms in total. The number of aliphatic imine (C=N–C) groups is 1. The molecule has 0 aromatic heterocycles. The molecular formula is C19H32FIN4O. The van der Waals surface area contributed by atoms with Crippen LogP contribution >= 0.6 is 24.0 Å². The smallest absolute Gasteiger partial charge is 0.191 e. The summed E-state index contributed by atoms with van der Waals surface area (Å²) in [5.74, 6) is 0.344. The number of nitrogens with one attached hydrogen (secondary N) is 2. The van der Waals surface area contributed by atoms with Crippen LogP contribution < -0.4 is 10.6 Å². The number of benzene rings is 1. The molecule has 1 saturated heterocycles. The minimum Gasteiger partial charge on any atom is -0.392 e. The number of aliphatic hydroxyl groups is 1. The number of aliphatic hydroxyl groups excluding tert-OH is 1. The molecule has 0 unspecified atom stereocenters. The summed E-state index contributed by atoms with van der Waals surface area (Å²) in [6.07, 6.45) is 3.87. The highest BCUT2D eigenvalue weighted by Gasteiger charge is 2.27. The van der Waals surface area contributed by atoms with Crippen LogP contribution in [-0.2, 0) is 13.2 Å². The molecule has 0 spiro atoms. The van der Waals surface area contributed by atoms with E-state index < -0.39 is 0 Å². The van der Waals surface area contributed by atoms with Gasteiger partial charge >= 0.3 is 0 Å². The predicted molar refractivity (Wildman–Crippen MR) is 115 cm³/mol. The lowest BCUT2D eigenvalue weighted by molar-refractivity contribution is 0.0982. The van der Waals surface area contributed by atoms with Crippen molar-refractivity contribution in [1.82, 2.24) is 15.5 Å². The number of hydrogen-bond acceptors (Lipinski definition) is 3. The number of guanidine groups is 1. The van der Waals surface area contributed by atoms with Crippen molar-refractivity contribution in [3.63, 3.8) is 0 Å². The Balaban J connectivity index is 0.00000338. The zero-order valence-corrected chi connectivity index (χ0v) is 18.3. The lowest BCUT2D eigenvalue weighted by atomic mass is 9.98. The van der Waals surface area contributed by atoms with Gasteiger partial charge in [-0.25, -0.2) is 4.39 Å². The Morgan fingerprint density at radius 3 is 2.54 bits per heavy atom. The van der Waals surface area contributed by atoms with Crippen molar-refractivity contribution in [1.29, 1.82) is 0 Å². The van der Waals surface area contributed by atoms with E-state index in [2.05, 4.69) is 34.4 Å². The molecule has 0 saturated carbocycles. The van der Waals surface area contributed by atoms with Gasteiger partial charge in [-0.2, -0.15) is 0 Å². The van der Waals surface area contributed by atoms with Crippen LogP contribution in [0.1, 0.15) is 44.2 Å². The second kappa shape index (κ2) is 11.0. The van der Waals surface area contributed by atoms with E-state index in [1.807, 2.05) is 0 Å². The second-order valence-electron chi connectivity index (χ2n) is 7.22. The van der Waals surface area contributed by atoms with Crippen LogP contribution in [0.25, 0.3) is 0 Å². The number of halogens is 2. The van der Waals surface area contributed by atoms with E-state index in [9.17, 15) is 4.39 Å². The van der Waals surface area contributed by atoms with Crippen molar-refractivity contribution < 1.29 is 9.50 Å². The maximum absolute atomic E-state index is 13.4. The molecule has 1 aromatic carbocycles. The molecule has 3 N–H and O–H groups in total. The molecule has 0 amide bonds. The average Bonchev–Trinajstić information content (AvgIpc) is 2.63. The van der Waals surface area contributed by atoms with Crippen LogP contribution in [0.3, 0.4) is 0 Å². The Morgan fingerprint density at radius 2 is 1.92 bits per heavy atom. The van der Waals surface area contributed by atoms with E-state index in [0.717, 1.165) is 31.2 Å². The monoisotopic (exact) mass is 478 g/mol. The first kappa shape index (κ1) is 23.1. The highest BCUT2D eigenvalue weighted by atomic mass is 127. The van der Waals surface area contributed by atoms with Gasteiger partial charge in [-0.15, -0.1) is 24.0 Å². The molecule has 1 aromatic rings. The second-order valence-corrected chi connectivity index (χ2v) is 7.22. The molecule has 1 fully saturated rings. The van der Waals surface area contributed by atoms with E-state index in [-0.39, 0.29) is 41.9 Å². The summed E-state index contributed by atoms with van der Waals surface area (Å²) in [5, 5.41) is 15.8. The van der Waals surface area contributed by atoms with Crippen molar-refractivity contribution in [2.24, 2.45) is 4.99 Å². The molecule has 7 heteroatoms. The molecule has 1 aliphatic heterocycles. The van der Waals surface area contributed by atoms with Crippen LogP contribution in [0.4, 0.5) is 4.39 Å². The van der Waals surface area contributed by atoms with Crippen molar-refractivity contribution >= 4 is 29.9 Å². The maximum Gasteiger partial charge on any atom is 0.191 e. The summed E-state index contributed by atoms with van der Waals surface area (Å²) in [6.45, 7) is 7.85. The molecule has 0 bridgehead atoms. The maximum atomic E-state index is 13.4. The van der Waals surface area contributed by atoms with Gasteiger partial charge in [0.2, 0.25) is 0 Å². The van der Waals surface area contributed by atoms with Gasteiger partial charge in [-0.3, -0.25) is 9.89 Å². The minimum atomic E-state index is -0.378. The Kier molecular flexibility index (Phi) is 9.81. The zero-order valence-electron chi connectivity index (χ0n) is 16.0. The molecule has 0 atom stereocenters. The Morgan fingerprint density at radius 1 is 1.23 bits per heavy atom. The van der Waals surface area contributed by atoms with E-state index in [4.69, 9.17) is 5.11 Å². The third kappa shape index (κ3) is 6.66. The van der Waals surface area contributed by atoms with Crippen molar-refractivity contribution in [3.8, 4) is 0 Å². The first-order chi connectivity index (χ1) is 12.0. The Labute approximate surface area is 173 Å². The number of rotatable bonds is 6. The topological polar surface area (TPSA) is 59.9 Å². The summed E-state index contributed by atoms with van der Waals surface area (Å²) in [6, 6.07) is 4.78. The lowest BCUT2D eigenvalue weighted by Crippen LogP contribution is -2.54. The first-order valence-electron chi connectivity index (χ1n) is 9.04. The standard InChI is InChI=1S/C19H31FN4O.HI/c1-19(2,24-9-5-4-6-10-24)14-23-18(21-3)22-12-15-7-8-17(20)16(11-15)13-25;/h7-8,11,25H,4-6,9-10,12-14H2,1-3H3,(H2,21,22,23);1H. The fraction of sp³-hybridized carbons (Fsp3) is 0.632. The van der Waals surface area contributed by atoms with E-state index in [1.54, 1.807) is 19.2 Å². The first-order valence-corrected chi connectivity index (χ1v) is 9.04. The van der Waals surface area contributed by atoms with Crippen LogP contribution in [0.2, 0.25) is 0 Å². The van der Waals surface area contributed by atoms with E-state index in [1.165, 1.54) is 25.3 Å². The summed E-state index contributed by atoms with van der Waals surface area (Å²) in [5.41, 5.74) is 1.29. The summed E-state index contributed by atoms with van der Waals surface area (Å²) in [7, 11) is 1.74. The van der Waals surface area contributed by atoms with Gasteiger partial charge in [0.05, 0.1) is 6.61 Å². The lowest BCUT2D eigenvalue weighted by Gasteiger charge is -2.41. The van der Waals surface area contributed by atoms with Gasteiger partial charge < -0.3 is 15.7 Å². The molecule has 2 rings (SSSR count). The molecule has 148 valence electrons. The van der Waals surface area contributed by atoms with Crippen LogP contribution in [0.5, 0.6) is 0 Å². The highest BCUT2D eigenvalue weighted by molar-refractivity contribution is 14.0. The molecule has 26 heavy (non-hydrogen) atoms. The fourth-order valence-corrected chi connectivity index (χ4v) is 3.18. The summed E-state index contributed by atoms with van der Waals surface area (Å²) in [4.78, 5) is 6.80. The van der Waals surface area contributed by atoms with Crippen molar-refractivity contribution in [2.75, 3.05) is 26.7 Å². The number of piperidine rings is 1. The number of nitrogens with zero attached hydrogens (tertiary/aromatic N) is 2. The molecule has 1 aliphatic rings. The molecule has 1 heterocycles. The molecule has 0 radical (unpaired) electrons. The Hall–Kier alpha value is -0.930. The normalized spacial score (nSPS) is 16.1. The summed E-state index contributed by atoms with van der Waals surface area (Å²) < 4.78 is 13.4. The van der Waals surface area contributed by atoms with Crippen molar-refractivity contribution in [3.05, 3.63) is 35.1 Å². The quantitative estimate of drug-likeness (QED) is 0.335. The van der Waals surface area contributed by atoms with Gasteiger partial charge in [0.15, 0.2) is 5.96 Å². The third-order valence-corrected chi connectivity index (χ3v) is 4.86. The van der Waals surface area contributed by atoms with Crippen LogP contribution in [0, 0.1) is 5.82 Å². The van der Waals surface area contributed by atoms with Gasteiger partial charge in [0.25, 0.3) is 0 Å². The third-order valence-electron chi connectivity index (χ3n) is 4.86. The average molecular weight is 478 g/mol. The zero-order chi connectivity index (χ0) is 18.3. The SMILES string of the molecule is CN=C(NCc1ccc(F)c(CO)c1)NCC(C)(C)N1CCCCC1.I. The number of hydrogen-bond donors (Lipinski definition) is 3. The highest BCUT2D eigenvalue weighted by Crippen LogP contribution is 2.19. The van der Waals surface area contributed by atoms with E-state index >= 15 is 0 Å². The fourth-order valence-electron chi connectivity index (χ4n) is 3.18. The van der Waals surface area contributed by atoms with Crippen LogP contribution in [-0.4, -0.2) is 48.2 Å². The predicted octanol–water partition coefficient (Wildman–Crippen LogP) is 2.87. The summed E-state index contributed by atoms with van der Waals surface area (Å²) >= 11 is 0. The molecular weight excluding hydrogens is 446 g/mol. The van der Waals surface area contributed by atoms with Gasteiger partial charge in [0.1, 0.15) is 5.82 Å². The molecule has 0 aliphatic carbocycles. The van der Waals surface area contributed by atoms with E-state index in [0.29, 0.717) is 12.1 Å². The van der Waals surface area contributed by atoms with Crippen molar-refractivity contribution in [2.45, 2.75) is 51.8 Å².